The van der Waals surface area contributed by atoms with E-state index in [1.807, 2.05) is 13.0 Å². The molecule has 2 N–H and O–H groups in total. The van der Waals surface area contributed by atoms with Crippen LogP contribution < -0.4 is 10.2 Å². The van der Waals surface area contributed by atoms with Crippen molar-refractivity contribution >= 4 is 5.69 Å². The third-order valence-corrected chi connectivity index (χ3v) is 3.63. The van der Waals surface area contributed by atoms with E-state index in [-0.39, 0.29) is 24.6 Å². The number of benzene rings is 1. The Bertz CT molecular complexity index is 442. The van der Waals surface area contributed by atoms with Crippen LogP contribution in [0, 0.1) is 5.82 Å². The van der Waals surface area contributed by atoms with Crippen molar-refractivity contribution in [3.63, 3.8) is 0 Å². The quantitative estimate of drug-likeness (QED) is 0.859. The number of halogens is 1. The first-order chi connectivity index (χ1) is 9.65. The molecule has 1 heterocycles. The first-order valence-electron chi connectivity index (χ1n) is 7.14. The molecule has 1 fully saturated rings. The lowest BCUT2D eigenvalue weighted by atomic mass is 10.1. The molecule has 5 heteroatoms. The molecule has 0 spiro atoms. The van der Waals surface area contributed by atoms with Crippen molar-refractivity contribution in [3.05, 3.63) is 29.6 Å². The summed E-state index contributed by atoms with van der Waals surface area (Å²) < 4.78 is 19.0. The first kappa shape index (κ1) is 15.2. The predicted octanol–water partition coefficient (Wildman–Crippen LogP) is 1.52. The van der Waals surface area contributed by atoms with Gasteiger partial charge in [-0.15, -0.1) is 0 Å². The monoisotopic (exact) mass is 282 g/mol. The van der Waals surface area contributed by atoms with E-state index in [0.29, 0.717) is 19.7 Å². The zero-order valence-corrected chi connectivity index (χ0v) is 12.1. The van der Waals surface area contributed by atoms with Gasteiger partial charge < -0.3 is 20.1 Å². The van der Waals surface area contributed by atoms with Crippen LogP contribution in [0.3, 0.4) is 0 Å². The lowest BCUT2D eigenvalue weighted by Crippen LogP contribution is -2.50. The van der Waals surface area contributed by atoms with Crippen LogP contribution >= 0.6 is 0 Å². The van der Waals surface area contributed by atoms with Crippen LogP contribution in [0.15, 0.2) is 18.2 Å². The highest BCUT2D eigenvalue weighted by Gasteiger charge is 2.27. The van der Waals surface area contributed by atoms with Crippen molar-refractivity contribution in [2.24, 2.45) is 0 Å². The molecule has 1 aliphatic rings. The SMILES string of the molecule is CCNCc1cc(F)ccc1N1CC(CO)OCC1C. The van der Waals surface area contributed by atoms with E-state index in [1.165, 1.54) is 6.07 Å². The van der Waals surface area contributed by atoms with Gasteiger partial charge in [-0.1, -0.05) is 6.92 Å². The number of morpholine rings is 1. The number of hydrogen-bond donors (Lipinski definition) is 2. The highest BCUT2D eigenvalue weighted by Crippen LogP contribution is 2.26. The van der Waals surface area contributed by atoms with E-state index in [4.69, 9.17) is 4.74 Å². The van der Waals surface area contributed by atoms with Crippen LogP contribution in [0.5, 0.6) is 0 Å². The van der Waals surface area contributed by atoms with E-state index in [2.05, 4.69) is 17.1 Å². The number of nitrogens with zero attached hydrogens (tertiary/aromatic N) is 1. The van der Waals surface area contributed by atoms with Crippen LogP contribution in [-0.2, 0) is 11.3 Å². The minimum absolute atomic E-state index is 0.00690. The van der Waals surface area contributed by atoms with Crippen LogP contribution in [0.4, 0.5) is 10.1 Å². The van der Waals surface area contributed by atoms with Crippen LogP contribution in [0.1, 0.15) is 19.4 Å². The van der Waals surface area contributed by atoms with Gasteiger partial charge in [0.15, 0.2) is 0 Å². The van der Waals surface area contributed by atoms with Crippen molar-refractivity contribution in [1.29, 1.82) is 0 Å². The molecular formula is C15H23FN2O2. The van der Waals surface area contributed by atoms with Gasteiger partial charge in [0.2, 0.25) is 0 Å². The Kier molecular flexibility index (Phi) is 5.34. The molecule has 0 radical (unpaired) electrons. The second kappa shape index (κ2) is 7.02. The number of aliphatic hydroxyl groups is 1. The van der Waals surface area contributed by atoms with E-state index in [1.54, 1.807) is 6.07 Å². The minimum Gasteiger partial charge on any atom is -0.394 e. The molecule has 0 aliphatic carbocycles. The minimum atomic E-state index is -0.221. The van der Waals surface area contributed by atoms with Crippen LogP contribution in [0.25, 0.3) is 0 Å². The Balaban J connectivity index is 2.24. The highest BCUT2D eigenvalue weighted by molar-refractivity contribution is 5.55. The lowest BCUT2D eigenvalue weighted by Gasteiger charge is -2.40. The lowest BCUT2D eigenvalue weighted by molar-refractivity contribution is -0.0103. The summed E-state index contributed by atoms with van der Waals surface area (Å²) in [5, 5.41) is 12.5. The average molecular weight is 282 g/mol. The van der Waals surface area contributed by atoms with Crippen LogP contribution in [-0.4, -0.2) is 43.6 Å². The molecule has 112 valence electrons. The van der Waals surface area contributed by atoms with Gasteiger partial charge >= 0.3 is 0 Å². The zero-order valence-electron chi connectivity index (χ0n) is 12.1. The molecule has 0 amide bonds. The number of anilines is 1. The highest BCUT2D eigenvalue weighted by atomic mass is 19.1. The summed E-state index contributed by atoms with van der Waals surface area (Å²) in [5.74, 6) is -0.221. The van der Waals surface area contributed by atoms with Gasteiger partial charge in [0, 0.05) is 24.8 Å². The molecule has 2 rings (SSSR count). The Labute approximate surface area is 119 Å². The Morgan fingerprint density at radius 2 is 2.30 bits per heavy atom. The maximum Gasteiger partial charge on any atom is 0.123 e. The second-order valence-electron chi connectivity index (χ2n) is 5.19. The van der Waals surface area contributed by atoms with Gasteiger partial charge in [-0.2, -0.15) is 0 Å². The fourth-order valence-electron chi connectivity index (χ4n) is 2.50. The normalized spacial score (nSPS) is 23.1. The standard InChI is InChI=1S/C15H23FN2O2/c1-3-17-7-12-6-13(16)4-5-15(12)18-8-14(9-19)20-10-11(18)2/h4-6,11,14,17,19H,3,7-10H2,1-2H3. The fourth-order valence-corrected chi connectivity index (χ4v) is 2.50. The topological polar surface area (TPSA) is 44.7 Å². The summed E-state index contributed by atoms with van der Waals surface area (Å²) in [4.78, 5) is 2.19. The van der Waals surface area contributed by atoms with Crippen molar-refractivity contribution in [1.82, 2.24) is 5.32 Å². The van der Waals surface area contributed by atoms with E-state index >= 15 is 0 Å². The molecule has 20 heavy (non-hydrogen) atoms. The summed E-state index contributed by atoms with van der Waals surface area (Å²) >= 11 is 0. The molecule has 1 aromatic rings. The Morgan fingerprint density at radius 1 is 1.50 bits per heavy atom. The molecule has 1 aliphatic heterocycles. The van der Waals surface area contributed by atoms with E-state index in [9.17, 15) is 9.50 Å². The summed E-state index contributed by atoms with van der Waals surface area (Å²) in [6.45, 7) is 6.79. The van der Waals surface area contributed by atoms with Gasteiger partial charge in [-0.25, -0.2) is 4.39 Å². The third kappa shape index (κ3) is 3.48. The summed E-state index contributed by atoms with van der Waals surface area (Å²) in [7, 11) is 0. The molecule has 0 saturated carbocycles. The number of nitrogens with one attached hydrogen (secondary N) is 1. The van der Waals surface area contributed by atoms with E-state index in [0.717, 1.165) is 17.8 Å². The summed E-state index contributed by atoms with van der Waals surface area (Å²) in [5.41, 5.74) is 1.96. The van der Waals surface area contributed by atoms with Crippen molar-refractivity contribution in [2.45, 2.75) is 32.5 Å². The van der Waals surface area contributed by atoms with Crippen molar-refractivity contribution in [2.75, 3.05) is 31.2 Å². The van der Waals surface area contributed by atoms with Gasteiger partial charge in [-0.05, 0) is 37.2 Å². The second-order valence-corrected chi connectivity index (χ2v) is 5.19. The fraction of sp³-hybridized carbons (Fsp3) is 0.600. The molecule has 4 nitrogen and oxygen atoms in total. The third-order valence-electron chi connectivity index (χ3n) is 3.63. The Hall–Kier alpha value is -1.17. The number of rotatable bonds is 5. The first-order valence-corrected chi connectivity index (χ1v) is 7.14. The predicted molar refractivity (Wildman–Crippen MR) is 77.4 cm³/mol. The molecule has 0 bridgehead atoms. The number of hydrogen-bond acceptors (Lipinski definition) is 4. The smallest absolute Gasteiger partial charge is 0.123 e. The molecule has 2 unspecified atom stereocenters. The average Bonchev–Trinajstić information content (AvgIpc) is 2.46. The van der Waals surface area contributed by atoms with Gasteiger partial charge in [-0.3, -0.25) is 0 Å². The maximum absolute atomic E-state index is 13.5. The molecule has 2 atom stereocenters. The number of aliphatic hydroxyl groups excluding tert-OH is 1. The molecule has 0 aromatic heterocycles. The summed E-state index contributed by atoms with van der Waals surface area (Å²) in [6.07, 6.45) is -0.178. The van der Waals surface area contributed by atoms with Gasteiger partial charge in [0.05, 0.1) is 19.3 Å². The molecule has 1 saturated heterocycles. The molecular weight excluding hydrogens is 259 g/mol. The Morgan fingerprint density at radius 3 is 3.00 bits per heavy atom. The summed E-state index contributed by atoms with van der Waals surface area (Å²) in [6, 6.07) is 5.09. The maximum atomic E-state index is 13.5. The van der Waals surface area contributed by atoms with Crippen molar-refractivity contribution < 1.29 is 14.2 Å². The zero-order chi connectivity index (χ0) is 14.5. The number of ether oxygens (including phenoxy) is 1. The van der Waals surface area contributed by atoms with Gasteiger partial charge in [0.1, 0.15) is 5.82 Å². The van der Waals surface area contributed by atoms with E-state index < -0.39 is 0 Å². The largest absolute Gasteiger partial charge is 0.394 e. The van der Waals surface area contributed by atoms with Crippen molar-refractivity contribution in [3.8, 4) is 0 Å². The van der Waals surface area contributed by atoms with Crippen LogP contribution in [0.2, 0.25) is 0 Å². The van der Waals surface area contributed by atoms with Gasteiger partial charge in [0.25, 0.3) is 0 Å². The molecule has 1 aromatic carbocycles.